The molecule has 1 aromatic carbocycles. The Kier molecular flexibility index (Phi) is 5.13. The second kappa shape index (κ2) is 6.87. The molecule has 1 amide bonds. The number of carbonyl (C=O) groups is 1. The van der Waals surface area contributed by atoms with Gasteiger partial charge in [0.05, 0.1) is 24.1 Å². The summed E-state index contributed by atoms with van der Waals surface area (Å²) in [7, 11) is -3.17. The maximum atomic E-state index is 12.0. The van der Waals surface area contributed by atoms with Crippen LogP contribution in [0.3, 0.4) is 0 Å². The molecule has 1 saturated heterocycles. The number of hydrogen-bond acceptors (Lipinski definition) is 5. The fourth-order valence-corrected chi connectivity index (χ4v) is 3.13. The second-order valence-electron chi connectivity index (χ2n) is 5.14. The molecule has 8 heteroatoms. The van der Waals surface area contributed by atoms with Gasteiger partial charge in [0.25, 0.3) is 0 Å². The van der Waals surface area contributed by atoms with Crippen molar-refractivity contribution in [2.75, 3.05) is 44.3 Å². The number of amides is 1. The fraction of sp³-hybridized carbons (Fsp3) is 0.429. The van der Waals surface area contributed by atoms with Gasteiger partial charge in [0, 0.05) is 26.2 Å². The largest absolute Gasteiger partial charge is 0.324 e. The van der Waals surface area contributed by atoms with E-state index >= 15 is 0 Å². The summed E-state index contributed by atoms with van der Waals surface area (Å²) in [5.74, 6) is -0.212. The van der Waals surface area contributed by atoms with E-state index in [1.165, 1.54) is 10.6 Å². The van der Waals surface area contributed by atoms with Crippen LogP contribution >= 0.6 is 0 Å². The highest BCUT2D eigenvalue weighted by Gasteiger charge is 2.24. The van der Waals surface area contributed by atoms with Crippen molar-refractivity contribution in [1.82, 2.24) is 9.21 Å². The monoisotopic (exact) mass is 322 g/mol. The molecular weight excluding hydrogens is 304 g/mol. The molecule has 1 aliphatic heterocycles. The highest BCUT2D eigenvalue weighted by Crippen LogP contribution is 2.13. The third-order valence-electron chi connectivity index (χ3n) is 3.49. The highest BCUT2D eigenvalue weighted by atomic mass is 32.2. The fourth-order valence-electron chi connectivity index (χ4n) is 2.30. The van der Waals surface area contributed by atoms with Gasteiger partial charge in [-0.2, -0.15) is 9.57 Å². The van der Waals surface area contributed by atoms with Gasteiger partial charge in [-0.15, -0.1) is 0 Å². The van der Waals surface area contributed by atoms with E-state index in [0.717, 1.165) is 0 Å². The number of nitriles is 1. The molecule has 22 heavy (non-hydrogen) atoms. The van der Waals surface area contributed by atoms with E-state index in [9.17, 15) is 13.2 Å². The summed E-state index contributed by atoms with van der Waals surface area (Å²) < 4.78 is 24.3. The molecule has 7 nitrogen and oxygen atoms in total. The SMILES string of the molecule is CS(=O)(=O)N1CCN(CC(=O)Nc2ccccc2C#N)CC1. The number of benzene rings is 1. The lowest BCUT2D eigenvalue weighted by Crippen LogP contribution is -2.50. The van der Waals surface area contributed by atoms with Gasteiger partial charge in [-0.25, -0.2) is 8.42 Å². The van der Waals surface area contributed by atoms with Crippen molar-refractivity contribution < 1.29 is 13.2 Å². The summed E-state index contributed by atoms with van der Waals surface area (Å²) in [6.45, 7) is 1.99. The quantitative estimate of drug-likeness (QED) is 0.847. The van der Waals surface area contributed by atoms with Crippen molar-refractivity contribution in [3.8, 4) is 6.07 Å². The minimum Gasteiger partial charge on any atom is -0.324 e. The summed E-state index contributed by atoms with van der Waals surface area (Å²) >= 11 is 0. The first kappa shape index (κ1) is 16.4. The van der Waals surface area contributed by atoms with Gasteiger partial charge in [-0.3, -0.25) is 9.69 Å². The van der Waals surface area contributed by atoms with Gasteiger partial charge in [-0.05, 0) is 12.1 Å². The third kappa shape index (κ3) is 4.27. The Morgan fingerprint density at radius 1 is 1.27 bits per heavy atom. The van der Waals surface area contributed by atoms with E-state index in [0.29, 0.717) is 37.4 Å². The summed E-state index contributed by atoms with van der Waals surface area (Å²) in [5, 5.41) is 11.7. The molecule has 0 radical (unpaired) electrons. The summed E-state index contributed by atoms with van der Waals surface area (Å²) in [6, 6.07) is 8.83. The standard InChI is InChI=1S/C14H18N4O3S/c1-22(20,21)18-8-6-17(7-9-18)11-14(19)16-13-5-3-2-4-12(13)10-15/h2-5H,6-9,11H2,1H3,(H,16,19). The number of sulfonamides is 1. The van der Waals surface area contributed by atoms with Gasteiger partial charge in [0.2, 0.25) is 15.9 Å². The van der Waals surface area contributed by atoms with E-state index in [2.05, 4.69) is 5.32 Å². The van der Waals surface area contributed by atoms with Gasteiger partial charge in [0.15, 0.2) is 0 Å². The number of anilines is 1. The van der Waals surface area contributed by atoms with Crippen molar-refractivity contribution in [2.45, 2.75) is 0 Å². The first-order valence-corrected chi connectivity index (χ1v) is 8.71. The molecule has 0 saturated carbocycles. The average molecular weight is 322 g/mol. The lowest BCUT2D eigenvalue weighted by Gasteiger charge is -2.32. The van der Waals surface area contributed by atoms with Crippen molar-refractivity contribution in [3.63, 3.8) is 0 Å². The summed E-state index contributed by atoms with van der Waals surface area (Å²) in [4.78, 5) is 13.9. The zero-order valence-electron chi connectivity index (χ0n) is 12.3. The number of piperazine rings is 1. The maximum absolute atomic E-state index is 12.0. The Morgan fingerprint density at radius 3 is 2.50 bits per heavy atom. The minimum atomic E-state index is -3.17. The lowest BCUT2D eigenvalue weighted by molar-refractivity contribution is -0.117. The van der Waals surface area contributed by atoms with Gasteiger partial charge in [0.1, 0.15) is 6.07 Å². The Labute approximate surface area is 130 Å². The smallest absolute Gasteiger partial charge is 0.238 e. The lowest BCUT2D eigenvalue weighted by atomic mass is 10.2. The normalized spacial score (nSPS) is 16.9. The zero-order valence-corrected chi connectivity index (χ0v) is 13.1. The molecule has 0 unspecified atom stereocenters. The van der Waals surface area contributed by atoms with Crippen LogP contribution in [0.15, 0.2) is 24.3 Å². The van der Waals surface area contributed by atoms with Crippen LogP contribution in [0.5, 0.6) is 0 Å². The molecule has 0 aliphatic carbocycles. The number of carbonyl (C=O) groups excluding carboxylic acids is 1. The molecule has 0 aromatic heterocycles. The maximum Gasteiger partial charge on any atom is 0.238 e. The summed E-state index contributed by atoms with van der Waals surface area (Å²) in [6.07, 6.45) is 1.19. The number of nitrogens with zero attached hydrogens (tertiary/aromatic N) is 3. The van der Waals surface area contributed by atoms with Crippen LogP contribution in [0, 0.1) is 11.3 Å². The molecule has 118 valence electrons. The Hall–Kier alpha value is -1.95. The van der Waals surface area contributed by atoms with Crippen molar-refractivity contribution in [3.05, 3.63) is 29.8 Å². The predicted octanol–water partition coefficient (Wildman–Crippen LogP) is 0.0740. The van der Waals surface area contributed by atoms with Crippen LogP contribution in [0.25, 0.3) is 0 Å². The zero-order chi connectivity index (χ0) is 16.2. The number of hydrogen-bond donors (Lipinski definition) is 1. The van der Waals surface area contributed by atoms with Crippen molar-refractivity contribution in [1.29, 1.82) is 5.26 Å². The van der Waals surface area contributed by atoms with Crippen LogP contribution in [0.4, 0.5) is 5.69 Å². The van der Waals surface area contributed by atoms with Crippen LogP contribution in [-0.2, 0) is 14.8 Å². The van der Waals surface area contributed by atoms with Gasteiger partial charge in [-0.1, -0.05) is 12.1 Å². The average Bonchev–Trinajstić information content (AvgIpc) is 2.47. The van der Waals surface area contributed by atoms with Crippen LogP contribution in [0.1, 0.15) is 5.56 Å². The molecular formula is C14H18N4O3S. The third-order valence-corrected chi connectivity index (χ3v) is 4.79. The van der Waals surface area contributed by atoms with Gasteiger partial charge >= 0.3 is 0 Å². The molecule has 1 aliphatic rings. The van der Waals surface area contributed by atoms with Crippen molar-refractivity contribution >= 4 is 21.6 Å². The molecule has 0 bridgehead atoms. The first-order chi connectivity index (χ1) is 10.4. The predicted molar refractivity (Wildman–Crippen MR) is 82.6 cm³/mol. The van der Waals surface area contributed by atoms with E-state index in [1.54, 1.807) is 24.3 Å². The molecule has 2 rings (SSSR count). The molecule has 0 atom stereocenters. The minimum absolute atomic E-state index is 0.178. The first-order valence-electron chi connectivity index (χ1n) is 6.86. The molecule has 1 N–H and O–H groups in total. The Balaban J connectivity index is 1.88. The van der Waals surface area contributed by atoms with Crippen molar-refractivity contribution in [2.24, 2.45) is 0 Å². The van der Waals surface area contributed by atoms with Crippen LogP contribution < -0.4 is 5.32 Å². The summed E-state index contributed by atoms with van der Waals surface area (Å²) in [5.41, 5.74) is 0.905. The molecule has 0 spiro atoms. The number of rotatable bonds is 4. The van der Waals surface area contributed by atoms with E-state index < -0.39 is 10.0 Å². The molecule has 1 fully saturated rings. The van der Waals surface area contributed by atoms with E-state index in [1.807, 2.05) is 11.0 Å². The van der Waals surface area contributed by atoms with E-state index in [4.69, 9.17) is 5.26 Å². The number of nitrogens with one attached hydrogen (secondary N) is 1. The van der Waals surface area contributed by atoms with Crippen LogP contribution in [-0.4, -0.2) is 62.5 Å². The van der Waals surface area contributed by atoms with Crippen LogP contribution in [0.2, 0.25) is 0 Å². The second-order valence-corrected chi connectivity index (χ2v) is 7.13. The molecule has 1 heterocycles. The molecule has 1 aromatic rings. The topological polar surface area (TPSA) is 93.5 Å². The van der Waals surface area contributed by atoms with Gasteiger partial charge < -0.3 is 5.32 Å². The Bertz CT molecular complexity index is 688. The highest BCUT2D eigenvalue weighted by molar-refractivity contribution is 7.88. The van der Waals surface area contributed by atoms with E-state index in [-0.39, 0.29) is 12.5 Å². The number of para-hydroxylation sites is 1. The Morgan fingerprint density at radius 2 is 1.91 bits per heavy atom.